The first kappa shape index (κ1) is 55.2. The molecule has 4 aliphatic heterocycles. The van der Waals surface area contributed by atoms with Crippen molar-refractivity contribution in [2.45, 2.75) is 78.3 Å². The molecular formula is C57H78F2N12O4. The van der Waals surface area contributed by atoms with E-state index in [1.54, 1.807) is 26.0 Å². The third-order valence-electron chi connectivity index (χ3n) is 15.9. The number of ether oxygens (including phenoxy) is 2. The molecule has 404 valence electrons. The fraction of sp³-hybridized carbons (Fsp3) is 0.544. The molecule has 6 aliphatic rings. The second-order valence-electron chi connectivity index (χ2n) is 21.0. The predicted octanol–water partition coefficient (Wildman–Crippen LogP) is 8.14. The summed E-state index contributed by atoms with van der Waals surface area (Å²) in [4.78, 5) is 42.3. The first-order valence-corrected chi connectivity index (χ1v) is 27.0. The van der Waals surface area contributed by atoms with Gasteiger partial charge in [0.1, 0.15) is 11.6 Å². The van der Waals surface area contributed by atoms with Crippen molar-refractivity contribution in [3.63, 3.8) is 0 Å². The van der Waals surface area contributed by atoms with E-state index in [-0.39, 0.29) is 11.6 Å². The average Bonchev–Trinajstić information content (AvgIpc) is 4.25. The molecule has 0 radical (unpaired) electrons. The maximum Gasteiger partial charge on any atom is 0.293 e. The van der Waals surface area contributed by atoms with Crippen LogP contribution in [0.2, 0.25) is 0 Å². The number of benzene rings is 2. The molecular weight excluding hydrogens is 955 g/mol. The van der Waals surface area contributed by atoms with E-state index < -0.39 is 0 Å². The third-order valence-corrected chi connectivity index (χ3v) is 15.9. The zero-order chi connectivity index (χ0) is 53.1. The van der Waals surface area contributed by atoms with E-state index in [2.05, 4.69) is 84.3 Å². The van der Waals surface area contributed by atoms with Crippen LogP contribution in [0.4, 0.5) is 20.2 Å². The van der Waals surface area contributed by atoms with Gasteiger partial charge in [-0.1, -0.05) is 44.2 Å². The summed E-state index contributed by atoms with van der Waals surface area (Å²) in [5, 5.41) is 13.9. The number of piperazine rings is 2. The SMILES string of the molecule is CC.CCOC=O.CCOC=O.CN1CC2(CCC(N3CCN(c4cc(F)cnc4-c4cccc5cn[nH]c45)CC3)C2)C1.CN1CC2(CCC(N3CCN(c4cc(F)cnc4-c4cccc5nn(C)cc45)CC3)C2)C1. The first-order valence-electron chi connectivity index (χ1n) is 27.0. The van der Waals surface area contributed by atoms with E-state index in [0.29, 0.717) is 49.1 Å². The normalized spacial score (nSPS) is 21.1. The number of nitrogens with one attached hydrogen (secondary N) is 1. The smallest absolute Gasteiger partial charge is 0.293 e. The number of H-pyrrole nitrogens is 1. The molecule has 2 aromatic carbocycles. The van der Waals surface area contributed by atoms with Crippen LogP contribution in [0.15, 0.2) is 73.3 Å². The number of aromatic amines is 1. The number of anilines is 2. The monoisotopic (exact) mass is 1030 g/mol. The van der Waals surface area contributed by atoms with Gasteiger partial charge in [0.2, 0.25) is 0 Å². The standard InChI is InChI=1S/C25H31FN6.C24H29FN6.2C3H6O2.C2H6/c1-29-16-25(17-29)7-6-19(13-25)31-8-10-32(11-9-31)23-12-18(26)14-27-24(23)20-4-3-5-22-21(20)15-30(2)28-22;1-29-15-24(16-29)6-5-19(12-24)30-7-9-31(10-8-30)21-11-18(25)14-26-23(21)20-4-2-3-17-13-27-28-22(17)20;2*1-2-5-3-4;1-2/h3-5,12,14-15,19H,6-11,13,16-17H2,1-2H3;2-4,11,13-14,19H,5-10,12,15-16H2,1H3,(H,27,28);2*3H,2H2,1H3;1-2H3. The van der Waals surface area contributed by atoms with Gasteiger partial charge in [0.05, 0.1) is 65.6 Å². The number of hydrogen-bond acceptors (Lipinski definition) is 14. The fourth-order valence-electron chi connectivity index (χ4n) is 12.8. The number of halogens is 2. The van der Waals surface area contributed by atoms with Crippen molar-refractivity contribution < 1.29 is 27.8 Å². The Bertz CT molecular complexity index is 2790. The third kappa shape index (κ3) is 12.8. The minimum absolute atomic E-state index is 0.281. The highest BCUT2D eigenvalue weighted by molar-refractivity contribution is 5.97. The molecule has 2 aliphatic carbocycles. The van der Waals surface area contributed by atoms with Crippen molar-refractivity contribution in [3.05, 3.63) is 85.0 Å². The van der Waals surface area contributed by atoms with Gasteiger partial charge in [0.25, 0.3) is 12.9 Å². The number of carbonyl (C=O) groups excluding carboxylic acids is 2. The van der Waals surface area contributed by atoms with Crippen LogP contribution in [0.3, 0.4) is 0 Å². The quantitative estimate of drug-likeness (QED) is 0.132. The minimum Gasteiger partial charge on any atom is -0.468 e. The number of aryl methyl sites for hydroxylation is 1. The summed E-state index contributed by atoms with van der Waals surface area (Å²) in [6.07, 6.45) is 14.5. The molecule has 4 aromatic heterocycles. The maximum absolute atomic E-state index is 14.3. The van der Waals surface area contributed by atoms with Gasteiger partial charge in [-0.15, -0.1) is 0 Å². The fourth-order valence-corrected chi connectivity index (χ4v) is 12.8. The Morgan fingerprint density at radius 1 is 0.667 bits per heavy atom. The highest BCUT2D eigenvalue weighted by atomic mass is 19.1. The molecule has 2 unspecified atom stereocenters. The lowest BCUT2D eigenvalue weighted by Crippen LogP contribution is -2.54. The number of nitrogens with zero attached hydrogens (tertiary/aromatic N) is 11. The first-order chi connectivity index (χ1) is 36.4. The Kier molecular flexibility index (Phi) is 18.5. The van der Waals surface area contributed by atoms with Gasteiger partial charge >= 0.3 is 0 Å². The highest BCUT2D eigenvalue weighted by Gasteiger charge is 2.49. The number of likely N-dealkylation sites (tertiary alicyclic amines) is 2. The lowest BCUT2D eigenvalue weighted by atomic mass is 9.78. The lowest BCUT2D eigenvalue weighted by Gasteiger charge is -2.47. The predicted molar refractivity (Wildman–Crippen MR) is 293 cm³/mol. The van der Waals surface area contributed by atoms with Crippen LogP contribution < -0.4 is 9.80 Å². The van der Waals surface area contributed by atoms with Crippen LogP contribution in [-0.4, -0.2) is 180 Å². The second kappa shape index (κ2) is 25.2. The molecule has 1 N–H and O–H groups in total. The zero-order valence-corrected chi connectivity index (χ0v) is 45.2. The van der Waals surface area contributed by atoms with E-state index in [1.807, 2.05) is 68.3 Å². The molecule has 2 spiro atoms. The number of para-hydroxylation sites is 1. The van der Waals surface area contributed by atoms with Crippen LogP contribution in [0, 0.1) is 22.5 Å². The summed E-state index contributed by atoms with van der Waals surface area (Å²) < 4.78 is 38.7. The maximum atomic E-state index is 14.3. The Labute approximate surface area is 441 Å². The summed E-state index contributed by atoms with van der Waals surface area (Å²) in [5.74, 6) is -0.568. The molecule has 6 aromatic rings. The van der Waals surface area contributed by atoms with E-state index in [9.17, 15) is 18.4 Å². The molecule has 75 heavy (non-hydrogen) atoms. The van der Waals surface area contributed by atoms with Gasteiger partial charge in [-0.3, -0.25) is 39.1 Å². The summed E-state index contributed by atoms with van der Waals surface area (Å²) in [7, 11) is 6.39. The van der Waals surface area contributed by atoms with Crippen molar-refractivity contribution in [1.82, 2.24) is 49.5 Å². The van der Waals surface area contributed by atoms with Crippen molar-refractivity contribution >= 4 is 46.1 Å². The Morgan fingerprint density at radius 3 is 1.61 bits per heavy atom. The second-order valence-corrected chi connectivity index (χ2v) is 21.0. The largest absolute Gasteiger partial charge is 0.468 e. The minimum atomic E-state index is -0.287. The molecule has 0 bridgehead atoms. The van der Waals surface area contributed by atoms with E-state index >= 15 is 0 Å². The number of aromatic nitrogens is 6. The van der Waals surface area contributed by atoms with Crippen molar-refractivity contribution in [1.29, 1.82) is 0 Å². The number of rotatable bonds is 10. The molecule has 6 fully saturated rings. The topological polar surface area (TPSA) is 144 Å². The molecule has 8 heterocycles. The van der Waals surface area contributed by atoms with Gasteiger partial charge in [-0.25, -0.2) is 8.78 Å². The number of carbonyl (C=O) groups is 2. The van der Waals surface area contributed by atoms with E-state index in [0.717, 1.165) is 108 Å². The molecule has 2 saturated carbocycles. The van der Waals surface area contributed by atoms with Crippen LogP contribution in [0.5, 0.6) is 0 Å². The van der Waals surface area contributed by atoms with E-state index in [1.165, 1.54) is 77.1 Å². The molecule has 2 atom stereocenters. The number of hydrogen-bond donors (Lipinski definition) is 1. The molecule has 0 amide bonds. The Morgan fingerprint density at radius 2 is 1.15 bits per heavy atom. The average molecular weight is 1030 g/mol. The summed E-state index contributed by atoms with van der Waals surface area (Å²) in [5.41, 5.74) is 8.47. The van der Waals surface area contributed by atoms with Gasteiger partial charge in [-0.05, 0) is 83.4 Å². The van der Waals surface area contributed by atoms with Gasteiger partial charge in [0, 0.05) is 138 Å². The Balaban J connectivity index is 0.000000165. The van der Waals surface area contributed by atoms with Crippen LogP contribution in [0.25, 0.3) is 44.3 Å². The van der Waals surface area contributed by atoms with E-state index in [4.69, 9.17) is 0 Å². The summed E-state index contributed by atoms with van der Waals surface area (Å²) in [6, 6.07) is 16.9. The van der Waals surface area contributed by atoms with Crippen molar-refractivity contribution in [3.8, 4) is 22.5 Å². The van der Waals surface area contributed by atoms with Crippen LogP contribution in [-0.2, 0) is 26.1 Å². The summed E-state index contributed by atoms with van der Waals surface area (Å²) >= 11 is 0. The van der Waals surface area contributed by atoms with Crippen LogP contribution >= 0.6 is 0 Å². The van der Waals surface area contributed by atoms with Gasteiger partial charge < -0.3 is 29.1 Å². The number of fused-ring (bicyclic) bond motifs is 2. The van der Waals surface area contributed by atoms with Crippen LogP contribution in [0.1, 0.15) is 66.2 Å². The summed E-state index contributed by atoms with van der Waals surface area (Å²) in [6.45, 7) is 22.1. The zero-order valence-electron chi connectivity index (χ0n) is 45.2. The van der Waals surface area contributed by atoms with Crippen molar-refractivity contribution in [2.75, 3.05) is 116 Å². The lowest BCUT2D eigenvalue weighted by molar-refractivity contribution is -0.129. The molecule has 18 heteroatoms. The Hall–Kier alpha value is -6.08. The number of pyridine rings is 2. The molecule has 12 rings (SSSR count). The molecule has 16 nitrogen and oxygen atoms in total. The van der Waals surface area contributed by atoms with Gasteiger partial charge in [0.15, 0.2) is 0 Å². The highest BCUT2D eigenvalue weighted by Crippen LogP contribution is 2.48. The van der Waals surface area contributed by atoms with Crippen molar-refractivity contribution in [2.24, 2.45) is 17.9 Å². The van der Waals surface area contributed by atoms with Gasteiger partial charge in [-0.2, -0.15) is 10.2 Å². The molecule has 4 saturated heterocycles.